The van der Waals surface area contributed by atoms with E-state index in [1.54, 1.807) is 0 Å². The van der Waals surface area contributed by atoms with Crippen LogP contribution in [0.15, 0.2) is 47.6 Å². The Bertz CT molecular complexity index is 572. The van der Waals surface area contributed by atoms with E-state index in [-0.39, 0.29) is 5.41 Å². The molecule has 1 aromatic carbocycles. The molecule has 22 heavy (non-hydrogen) atoms. The minimum atomic E-state index is 0.0294. The molecule has 0 aliphatic heterocycles. The molecule has 1 atom stereocenters. The van der Waals surface area contributed by atoms with Crippen molar-refractivity contribution >= 4 is 0 Å². The number of aromatic hydroxyl groups is 1. The molecule has 0 radical (unpaired) electrons. The van der Waals surface area contributed by atoms with Crippen LogP contribution in [0.4, 0.5) is 0 Å². The topological polar surface area (TPSA) is 20.2 Å². The molecule has 0 heterocycles. The molecule has 0 bridgehead atoms. The van der Waals surface area contributed by atoms with E-state index in [1.165, 1.54) is 16.7 Å². The summed E-state index contributed by atoms with van der Waals surface area (Å²) in [7, 11) is 0. The molecule has 1 aliphatic rings. The molecule has 0 saturated carbocycles. The van der Waals surface area contributed by atoms with E-state index in [0.29, 0.717) is 23.5 Å². The molecule has 1 aromatic rings. The van der Waals surface area contributed by atoms with Gasteiger partial charge in [-0.25, -0.2) is 0 Å². The number of phenolic OH excluding ortho intramolecular Hbond substituents is 1. The molecule has 1 N–H and O–H groups in total. The Morgan fingerprint density at radius 3 is 1.95 bits per heavy atom. The van der Waals surface area contributed by atoms with Crippen LogP contribution >= 0.6 is 0 Å². The average Bonchev–Trinajstić information content (AvgIpc) is 2.47. The maximum absolute atomic E-state index is 9.63. The van der Waals surface area contributed by atoms with Crippen LogP contribution in [-0.4, -0.2) is 5.11 Å². The Balaban J connectivity index is 2.59. The summed E-state index contributed by atoms with van der Waals surface area (Å²) in [4.78, 5) is 0. The van der Waals surface area contributed by atoms with Crippen molar-refractivity contribution in [1.82, 2.24) is 0 Å². The molecule has 2 rings (SSSR count). The molecule has 0 fully saturated rings. The molecule has 0 amide bonds. The van der Waals surface area contributed by atoms with Crippen LogP contribution in [0.3, 0.4) is 0 Å². The molecule has 1 unspecified atom stereocenters. The first kappa shape index (κ1) is 16.9. The number of hydrogen-bond acceptors (Lipinski definition) is 1. The summed E-state index contributed by atoms with van der Waals surface area (Å²) < 4.78 is 0. The second-order valence-corrected chi connectivity index (χ2v) is 7.59. The van der Waals surface area contributed by atoms with Crippen molar-refractivity contribution in [2.75, 3.05) is 0 Å². The van der Waals surface area contributed by atoms with Crippen LogP contribution in [-0.2, 0) is 5.41 Å². The van der Waals surface area contributed by atoms with Crippen molar-refractivity contribution in [2.24, 2.45) is 17.8 Å². The van der Waals surface area contributed by atoms with Gasteiger partial charge in [0.2, 0.25) is 0 Å². The number of benzene rings is 1. The van der Waals surface area contributed by atoms with Gasteiger partial charge in [-0.2, -0.15) is 0 Å². The maximum atomic E-state index is 9.63. The van der Waals surface area contributed by atoms with Gasteiger partial charge in [-0.1, -0.05) is 71.4 Å². The molecule has 1 aliphatic carbocycles. The average molecular weight is 298 g/mol. The highest BCUT2D eigenvalue weighted by Crippen LogP contribution is 2.46. The van der Waals surface area contributed by atoms with Crippen LogP contribution in [0.1, 0.15) is 53.5 Å². The molecule has 0 aromatic heterocycles. The second-order valence-electron chi connectivity index (χ2n) is 7.59. The minimum Gasteiger partial charge on any atom is -0.508 e. The summed E-state index contributed by atoms with van der Waals surface area (Å²) in [5.74, 6) is 1.95. The fraction of sp³-hybridized carbons (Fsp3) is 0.524. The zero-order valence-corrected chi connectivity index (χ0v) is 14.9. The molecule has 1 heteroatoms. The standard InChI is InChI=1S/C21H30O/c1-14(2)17-11-18(15(3)4)13-21(12-17,16(5)6)19-7-9-20(22)10-8-19/h7-12,14-16,22H,13H2,1-6H3. The SMILES string of the molecule is CC(C)C1=CC(c2ccc(O)cc2)(C(C)C)CC(C(C)C)=C1. The first-order valence-electron chi connectivity index (χ1n) is 8.49. The summed E-state index contributed by atoms with van der Waals surface area (Å²) in [5.41, 5.74) is 4.32. The molecule has 0 spiro atoms. The first-order chi connectivity index (χ1) is 10.3. The van der Waals surface area contributed by atoms with Crippen molar-refractivity contribution in [3.63, 3.8) is 0 Å². The van der Waals surface area contributed by atoms with Crippen LogP contribution in [0.5, 0.6) is 5.75 Å². The molecular formula is C21H30O. The van der Waals surface area contributed by atoms with E-state index >= 15 is 0 Å². The van der Waals surface area contributed by atoms with Crippen LogP contribution in [0.2, 0.25) is 0 Å². The van der Waals surface area contributed by atoms with Gasteiger partial charge in [-0.3, -0.25) is 0 Å². The van der Waals surface area contributed by atoms with E-state index < -0.39 is 0 Å². The zero-order chi connectivity index (χ0) is 16.5. The van der Waals surface area contributed by atoms with Crippen molar-refractivity contribution in [2.45, 2.75) is 53.4 Å². The summed E-state index contributed by atoms with van der Waals surface area (Å²) in [6, 6.07) is 7.81. The fourth-order valence-electron chi connectivity index (χ4n) is 3.36. The monoisotopic (exact) mass is 298 g/mol. The number of hydrogen-bond donors (Lipinski definition) is 1. The quantitative estimate of drug-likeness (QED) is 0.738. The Hall–Kier alpha value is -1.50. The lowest BCUT2D eigenvalue weighted by atomic mass is 9.63. The van der Waals surface area contributed by atoms with Gasteiger partial charge < -0.3 is 5.11 Å². The number of allylic oxidation sites excluding steroid dienone is 4. The Morgan fingerprint density at radius 1 is 0.909 bits per heavy atom. The van der Waals surface area contributed by atoms with E-state index in [2.05, 4.69) is 65.8 Å². The van der Waals surface area contributed by atoms with E-state index in [0.717, 1.165) is 6.42 Å². The second kappa shape index (κ2) is 6.32. The lowest BCUT2D eigenvalue weighted by Gasteiger charge is -2.41. The minimum absolute atomic E-state index is 0.0294. The predicted octanol–water partition coefficient (Wildman–Crippen LogP) is 5.85. The molecular weight excluding hydrogens is 268 g/mol. The largest absolute Gasteiger partial charge is 0.508 e. The Morgan fingerprint density at radius 2 is 1.50 bits per heavy atom. The van der Waals surface area contributed by atoms with Gasteiger partial charge in [0.25, 0.3) is 0 Å². The molecule has 0 saturated heterocycles. The van der Waals surface area contributed by atoms with Crippen molar-refractivity contribution < 1.29 is 5.11 Å². The Kier molecular flexibility index (Phi) is 4.84. The summed E-state index contributed by atoms with van der Waals surface area (Å²) in [6.45, 7) is 13.7. The lowest BCUT2D eigenvalue weighted by Crippen LogP contribution is -2.34. The van der Waals surface area contributed by atoms with Crippen molar-refractivity contribution in [3.8, 4) is 5.75 Å². The van der Waals surface area contributed by atoms with Gasteiger partial charge >= 0.3 is 0 Å². The summed E-state index contributed by atoms with van der Waals surface area (Å²) in [6.07, 6.45) is 5.97. The van der Waals surface area contributed by atoms with Gasteiger partial charge in [0, 0.05) is 5.41 Å². The van der Waals surface area contributed by atoms with Gasteiger partial charge in [-0.15, -0.1) is 0 Å². The highest BCUT2D eigenvalue weighted by atomic mass is 16.3. The lowest BCUT2D eigenvalue weighted by molar-refractivity contribution is 0.361. The van der Waals surface area contributed by atoms with Gasteiger partial charge in [0.15, 0.2) is 0 Å². The van der Waals surface area contributed by atoms with Crippen LogP contribution < -0.4 is 0 Å². The highest BCUT2D eigenvalue weighted by Gasteiger charge is 2.37. The zero-order valence-electron chi connectivity index (χ0n) is 14.9. The summed E-state index contributed by atoms with van der Waals surface area (Å²) >= 11 is 0. The van der Waals surface area contributed by atoms with Crippen molar-refractivity contribution in [1.29, 1.82) is 0 Å². The van der Waals surface area contributed by atoms with E-state index in [1.807, 2.05) is 12.1 Å². The van der Waals surface area contributed by atoms with Crippen LogP contribution in [0, 0.1) is 17.8 Å². The third-order valence-corrected chi connectivity index (χ3v) is 5.12. The highest BCUT2D eigenvalue weighted by molar-refractivity contribution is 5.45. The third-order valence-electron chi connectivity index (χ3n) is 5.12. The fourth-order valence-corrected chi connectivity index (χ4v) is 3.36. The van der Waals surface area contributed by atoms with Crippen LogP contribution in [0.25, 0.3) is 0 Å². The van der Waals surface area contributed by atoms with Gasteiger partial charge in [-0.05, 0) is 47.4 Å². The number of rotatable bonds is 4. The first-order valence-corrected chi connectivity index (χ1v) is 8.49. The van der Waals surface area contributed by atoms with Gasteiger partial charge in [0.1, 0.15) is 5.75 Å². The van der Waals surface area contributed by atoms with Crippen molar-refractivity contribution in [3.05, 3.63) is 53.1 Å². The van der Waals surface area contributed by atoms with E-state index in [4.69, 9.17) is 0 Å². The maximum Gasteiger partial charge on any atom is 0.115 e. The Labute approximate surface area is 135 Å². The molecule has 120 valence electrons. The smallest absolute Gasteiger partial charge is 0.115 e. The normalized spacial score (nSPS) is 22.2. The summed E-state index contributed by atoms with van der Waals surface area (Å²) in [5, 5.41) is 9.63. The number of phenols is 1. The van der Waals surface area contributed by atoms with Gasteiger partial charge in [0.05, 0.1) is 0 Å². The third kappa shape index (κ3) is 3.14. The molecule has 1 nitrogen and oxygen atoms in total. The van der Waals surface area contributed by atoms with E-state index in [9.17, 15) is 5.11 Å². The predicted molar refractivity (Wildman–Crippen MR) is 95.1 cm³/mol.